The van der Waals surface area contributed by atoms with Gasteiger partial charge in [-0.1, -0.05) is 12.1 Å². The quantitative estimate of drug-likeness (QED) is 0.428. The van der Waals surface area contributed by atoms with Crippen LogP contribution in [0, 0.1) is 0 Å². The highest BCUT2D eigenvalue weighted by Crippen LogP contribution is 2.41. The average molecular weight is 537 g/mol. The Morgan fingerprint density at radius 1 is 1.19 bits per heavy atom. The minimum absolute atomic E-state index is 0.0605. The Kier molecular flexibility index (Phi) is 6.12. The number of anilines is 1. The first-order chi connectivity index (χ1) is 17.4. The lowest BCUT2D eigenvalue weighted by Crippen LogP contribution is -2.49. The second-order valence-electron chi connectivity index (χ2n) is 9.38. The zero-order chi connectivity index (χ0) is 26.6. The lowest BCUT2D eigenvalue weighted by molar-refractivity contribution is -0.138. The van der Waals surface area contributed by atoms with Gasteiger partial charge in [0.05, 0.1) is 38.2 Å². The van der Waals surface area contributed by atoms with Crippen LogP contribution >= 0.6 is 0 Å². The van der Waals surface area contributed by atoms with Crippen LogP contribution in [0.15, 0.2) is 42.7 Å². The van der Waals surface area contributed by atoms with Gasteiger partial charge >= 0.3 is 6.18 Å². The largest absolute Gasteiger partial charge is 0.416 e. The first kappa shape index (κ1) is 25.4. The van der Waals surface area contributed by atoms with Crippen LogP contribution < -0.4 is 4.90 Å². The fourth-order valence-electron chi connectivity index (χ4n) is 4.68. The van der Waals surface area contributed by atoms with Gasteiger partial charge in [0.2, 0.25) is 0 Å². The molecule has 0 spiro atoms. The molecular formula is C24H23F3N4O5S. The summed E-state index contributed by atoms with van der Waals surface area (Å²) in [6, 6.07) is 9.22. The van der Waals surface area contributed by atoms with E-state index in [2.05, 4.69) is 14.4 Å². The SMILES string of the molecule is Cn1cnnc1CC1(c2cccc(N3Cc4c(cc(COS(C)(=O)=O)cc4C(F)(F)F)C3=O)c2)COC1. The Balaban J connectivity index is 1.48. The number of alkyl halides is 3. The monoisotopic (exact) mass is 536 g/mol. The number of benzene rings is 2. The van der Waals surface area contributed by atoms with Crippen molar-refractivity contribution >= 4 is 21.7 Å². The van der Waals surface area contributed by atoms with Gasteiger partial charge in [0.15, 0.2) is 0 Å². The molecule has 2 aliphatic rings. The molecule has 3 heterocycles. The fraction of sp³-hybridized carbons (Fsp3) is 0.375. The van der Waals surface area contributed by atoms with E-state index in [1.807, 2.05) is 17.7 Å². The average Bonchev–Trinajstić information content (AvgIpc) is 3.35. The molecule has 1 aromatic heterocycles. The van der Waals surface area contributed by atoms with Gasteiger partial charge in [0.1, 0.15) is 12.2 Å². The molecule has 1 saturated heterocycles. The first-order valence-corrected chi connectivity index (χ1v) is 13.1. The number of halogens is 3. The second kappa shape index (κ2) is 8.92. The molecule has 0 saturated carbocycles. The number of hydrogen-bond acceptors (Lipinski definition) is 7. The number of hydrogen-bond donors (Lipinski definition) is 0. The predicted molar refractivity (Wildman–Crippen MR) is 125 cm³/mol. The number of carbonyl (C=O) groups is 1. The predicted octanol–water partition coefficient (Wildman–Crippen LogP) is 2.98. The van der Waals surface area contributed by atoms with E-state index in [1.165, 1.54) is 11.0 Å². The summed E-state index contributed by atoms with van der Waals surface area (Å²) in [6.07, 6.45) is -1.79. The molecule has 0 radical (unpaired) electrons. The number of nitrogens with zero attached hydrogens (tertiary/aromatic N) is 4. The van der Waals surface area contributed by atoms with Gasteiger partial charge in [-0.3, -0.25) is 8.98 Å². The van der Waals surface area contributed by atoms with E-state index >= 15 is 0 Å². The molecule has 37 heavy (non-hydrogen) atoms. The summed E-state index contributed by atoms with van der Waals surface area (Å²) in [6.45, 7) is -0.0200. The van der Waals surface area contributed by atoms with Crippen LogP contribution in [0.3, 0.4) is 0 Å². The zero-order valence-electron chi connectivity index (χ0n) is 19.9. The molecule has 2 aliphatic heterocycles. The molecule has 5 rings (SSSR count). The Morgan fingerprint density at radius 2 is 1.95 bits per heavy atom. The highest BCUT2D eigenvalue weighted by molar-refractivity contribution is 7.85. The van der Waals surface area contributed by atoms with Crippen molar-refractivity contribution < 1.29 is 35.3 Å². The smallest absolute Gasteiger partial charge is 0.379 e. The van der Waals surface area contributed by atoms with Crippen molar-refractivity contribution in [2.45, 2.75) is 31.2 Å². The molecule has 0 bridgehead atoms. The molecule has 0 atom stereocenters. The summed E-state index contributed by atoms with van der Waals surface area (Å²) in [5.74, 6) is 0.156. The van der Waals surface area contributed by atoms with Crippen molar-refractivity contribution in [3.8, 4) is 0 Å². The van der Waals surface area contributed by atoms with Crippen LogP contribution in [0.2, 0.25) is 0 Å². The summed E-state index contributed by atoms with van der Waals surface area (Å²) in [5.41, 5.74) is -0.421. The van der Waals surface area contributed by atoms with Gasteiger partial charge < -0.3 is 14.2 Å². The maximum atomic E-state index is 13.9. The van der Waals surface area contributed by atoms with Crippen LogP contribution in [0.5, 0.6) is 0 Å². The molecule has 3 aromatic rings. The Morgan fingerprint density at radius 3 is 2.54 bits per heavy atom. The summed E-state index contributed by atoms with van der Waals surface area (Å²) in [7, 11) is -2.05. The number of fused-ring (bicyclic) bond motifs is 1. The number of ether oxygens (including phenoxy) is 1. The third-order valence-corrected chi connectivity index (χ3v) is 7.22. The normalized spacial score (nSPS) is 17.1. The van der Waals surface area contributed by atoms with Crippen LogP contribution in [0.25, 0.3) is 0 Å². The number of carbonyl (C=O) groups excluding carboxylic acids is 1. The molecule has 2 aromatic carbocycles. The maximum Gasteiger partial charge on any atom is 0.416 e. The topological polar surface area (TPSA) is 104 Å². The Bertz CT molecular complexity index is 1480. The van der Waals surface area contributed by atoms with E-state index in [-0.39, 0.29) is 23.2 Å². The van der Waals surface area contributed by atoms with Gasteiger partial charge in [-0.15, -0.1) is 10.2 Å². The fourth-order valence-corrected chi connectivity index (χ4v) is 5.03. The van der Waals surface area contributed by atoms with Crippen molar-refractivity contribution in [2.24, 2.45) is 7.05 Å². The van der Waals surface area contributed by atoms with Crippen molar-refractivity contribution in [3.63, 3.8) is 0 Å². The summed E-state index contributed by atoms with van der Waals surface area (Å²) < 4.78 is 76.5. The molecular weight excluding hydrogens is 513 g/mol. The highest BCUT2D eigenvalue weighted by Gasteiger charge is 2.43. The summed E-state index contributed by atoms with van der Waals surface area (Å²) in [5, 5.41) is 8.07. The van der Waals surface area contributed by atoms with Gasteiger partial charge in [-0.25, -0.2) is 0 Å². The molecule has 0 N–H and O–H groups in total. The minimum Gasteiger partial charge on any atom is -0.379 e. The lowest BCUT2D eigenvalue weighted by Gasteiger charge is -2.42. The third-order valence-electron chi connectivity index (χ3n) is 6.68. The van der Waals surface area contributed by atoms with Crippen molar-refractivity contribution in [3.05, 3.63) is 76.4 Å². The summed E-state index contributed by atoms with van der Waals surface area (Å²) >= 11 is 0. The molecule has 0 unspecified atom stereocenters. The van der Waals surface area contributed by atoms with Crippen LogP contribution in [-0.4, -0.2) is 48.6 Å². The highest BCUT2D eigenvalue weighted by atomic mass is 32.2. The van der Waals surface area contributed by atoms with Crippen molar-refractivity contribution in [1.29, 1.82) is 0 Å². The van der Waals surface area contributed by atoms with Gasteiger partial charge in [-0.05, 0) is 41.0 Å². The van der Waals surface area contributed by atoms with Gasteiger partial charge in [0, 0.05) is 30.1 Å². The van der Waals surface area contributed by atoms with E-state index in [1.54, 1.807) is 24.5 Å². The number of amides is 1. The molecule has 0 aliphatic carbocycles. The molecule has 1 amide bonds. The summed E-state index contributed by atoms with van der Waals surface area (Å²) in [4.78, 5) is 14.6. The molecule has 1 fully saturated rings. The van der Waals surface area contributed by atoms with Crippen LogP contribution in [-0.2, 0) is 57.2 Å². The lowest BCUT2D eigenvalue weighted by atomic mass is 9.75. The Hall–Kier alpha value is -3.29. The standard InChI is InChI=1S/C24H23F3N4O5S/c1-30-14-28-29-21(30)9-23(12-35-13-23)16-4-3-5-17(8-16)31-10-19-18(22(31)32)6-15(11-36-37(2,33)34)7-20(19)24(25,26)27/h3-8,14H,9-13H2,1-2H3. The number of rotatable bonds is 7. The Labute approximate surface area is 210 Å². The van der Waals surface area contributed by atoms with E-state index in [4.69, 9.17) is 4.74 Å². The van der Waals surface area contributed by atoms with E-state index in [0.29, 0.717) is 25.3 Å². The number of aryl methyl sites for hydroxylation is 1. The van der Waals surface area contributed by atoms with Gasteiger partial charge in [0.25, 0.3) is 16.0 Å². The second-order valence-corrected chi connectivity index (χ2v) is 11.0. The van der Waals surface area contributed by atoms with Gasteiger partial charge in [-0.2, -0.15) is 21.6 Å². The first-order valence-electron chi connectivity index (χ1n) is 11.3. The van der Waals surface area contributed by atoms with E-state index in [9.17, 15) is 26.4 Å². The van der Waals surface area contributed by atoms with Crippen LogP contribution in [0.1, 0.15) is 38.4 Å². The molecule has 9 nitrogen and oxygen atoms in total. The maximum absolute atomic E-state index is 13.9. The minimum atomic E-state index is -4.74. The molecule has 13 heteroatoms. The van der Waals surface area contributed by atoms with Crippen molar-refractivity contribution in [1.82, 2.24) is 14.8 Å². The zero-order valence-corrected chi connectivity index (χ0v) is 20.8. The van der Waals surface area contributed by atoms with E-state index in [0.717, 1.165) is 23.7 Å². The number of aromatic nitrogens is 3. The van der Waals surface area contributed by atoms with Crippen LogP contribution in [0.4, 0.5) is 18.9 Å². The van der Waals surface area contributed by atoms with E-state index < -0.39 is 39.8 Å². The molecule has 196 valence electrons. The van der Waals surface area contributed by atoms with Crippen molar-refractivity contribution in [2.75, 3.05) is 24.4 Å². The third kappa shape index (κ3) is 4.86.